The maximum Gasteiger partial charge on any atom is 0.418 e. The van der Waals surface area contributed by atoms with Crippen LogP contribution in [0.3, 0.4) is 0 Å². The molecule has 6 rings (SSSR count). The van der Waals surface area contributed by atoms with E-state index in [1.807, 2.05) is 0 Å². The van der Waals surface area contributed by atoms with Crippen molar-refractivity contribution in [3.8, 4) is 5.75 Å². The molecule has 3 atom stereocenters. The molecule has 3 aromatic carbocycles. The number of methoxy groups -OCH3 is 1. The molecule has 8 nitrogen and oxygen atoms in total. The molecule has 0 bridgehead atoms. The first-order valence-corrected chi connectivity index (χ1v) is 15.4. The molecule has 1 fully saturated rings. The molecule has 3 amide bonds. The molecule has 3 unspecified atom stereocenters. The molecule has 3 heterocycles. The zero-order valence-corrected chi connectivity index (χ0v) is 25.5. The van der Waals surface area contributed by atoms with Crippen LogP contribution in [0.5, 0.6) is 5.75 Å². The Morgan fingerprint density at radius 2 is 1.47 bits per heavy atom. The number of amides is 3. The van der Waals surface area contributed by atoms with Crippen LogP contribution < -0.4 is 19.8 Å². The zero-order valence-electron chi connectivity index (χ0n) is 23.9. The largest absolute Gasteiger partial charge is 0.496 e. The Hall–Kier alpha value is -4.57. The van der Waals surface area contributed by atoms with Crippen LogP contribution in [0.2, 0.25) is 0 Å². The number of alkyl halides is 6. The Morgan fingerprint density at radius 3 is 2.15 bits per heavy atom. The quantitative estimate of drug-likeness (QED) is 0.186. The molecule has 0 radical (unpaired) electrons. The van der Waals surface area contributed by atoms with Crippen LogP contribution in [0.15, 0.2) is 82.6 Å². The van der Waals surface area contributed by atoms with Gasteiger partial charge in [0.05, 0.1) is 40.6 Å². The van der Waals surface area contributed by atoms with Crippen molar-refractivity contribution in [3.63, 3.8) is 0 Å². The molecular formula is C31H21F6N3O5S2. The summed E-state index contributed by atoms with van der Waals surface area (Å²) in [4.78, 5) is 54.4. The predicted octanol–water partition coefficient (Wildman–Crippen LogP) is 6.39. The summed E-state index contributed by atoms with van der Waals surface area (Å²) in [7, 11) is 1.36. The number of fused-ring (bicyclic) bond motifs is 2. The number of anilines is 2. The van der Waals surface area contributed by atoms with Crippen molar-refractivity contribution in [1.82, 2.24) is 4.57 Å². The highest BCUT2D eigenvalue weighted by atomic mass is 32.2. The summed E-state index contributed by atoms with van der Waals surface area (Å²) in [6, 6.07) is 14.9. The van der Waals surface area contributed by atoms with Crippen molar-refractivity contribution in [2.75, 3.05) is 17.3 Å². The Balaban J connectivity index is 1.44. The topological polar surface area (TPSA) is 97.7 Å². The third-order valence-corrected chi connectivity index (χ3v) is 10.4. The van der Waals surface area contributed by atoms with Gasteiger partial charge < -0.3 is 10.1 Å². The number of benzene rings is 3. The lowest BCUT2D eigenvalue weighted by Crippen LogP contribution is -2.33. The summed E-state index contributed by atoms with van der Waals surface area (Å²) in [6.07, 6.45) is -9.67. The van der Waals surface area contributed by atoms with Crippen LogP contribution >= 0.6 is 23.1 Å². The zero-order chi connectivity index (χ0) is 33.8. The Kier molecular flexibility index (Phi) is 8.20. The number of thiazole rings is 1. The second kappa shape index (κ2) is 11.9. The fraction of sp³-hybridized carbons (Fsp3) is 0.226. The molecule has 2 aliphatic rings. The Bertz CT molecular complexity index is 1970. The number of imide groups is 1. The molecule has 0 saturated carbocycles. The number of hydrogen-bond donors (Lipinski definition) is 1. The molecular weight excluding hydrogens is 672 g/mol. The minimum Gasteiger partial charge on any atom is -0.496 e. The highest BCUT2D eigenvalue weighted by molar-refractivity contribution is 8.00. The average Bonchev–Trinajstić information content (AvgIpc) is 3.46. The molecule has 244 valence electrons. The van der Waals surface area contributed by atoms with Gasteiger partial charge in [0.1, 0.15) is 17.5 Å². The van der Waals surface area contributed by atoms with Crippen LogP contribution in [0.4, 0.5) is 37.7 Å². The van der Waals surface area contributed by atoms with Crippen molar-refractivity contribution >= 4 is 52.2 Å². The van der Waals surface area contributed by atoms with Gasteiger partial charge in [0.15, 0.2) is 0 Å². The van der Waals surface area contributed by atoms with E-state index in [1.165, 1.54) is 19.2 Å². The number of nitrogens with zero attached hydrogens (tertiary/aromatic N) is 2. The van der Waals surface area contributed by atoms with Gasteiger partial charge in [0.25, 0.3) is 0 Å². The molecule has 4 aromatic rings. The van der Waals surface area contributed by atoms with Crippen LogP contribution in [0.1, 0.15) is 27.5 Å². The lowest BCUT2D eigenvalue weighted by molar-refractivity contribution is -0.138. The molecule has 16 heteroatoms. The van der Waals surface area contributed by atoms with Crippen molar-refractivity contribution < 1.29 is 45.5 Å². The highest BCUT2D eigenvalue weighted by Crippen LogP contribution is 2.55. The number of nitrogens with one attached hydrogen (secondary N) is 1. The van der Waals surface area contributed by atoms with Gasteiger partial charge in [0, 0.05) is 16.4 Å². The Labute approximate surface area is 269 Å². The molecule has 1 aromatic heterocycles. The third kappa shape index (κ3) is 5.69. The van der Waals surface area contributed by atoms with Gasteiger partial charge in [-0.3, -0.25) is 23.7 Å². The van der Waals surface area contributed by atoms with E-state index in [-0.39, 0.29) is 15.7 Å². The van der Waals surface area contributed by atoms with Gasteiger partial charge in [-0.05, 0) is 30.3 Å². The average molecular weight is 694 g/mol. The number of hydrogen-bond acceptors (Lipinski definition) is 7. The van der Waals surface area contributed by atoms with E-state index in [1.54, 1.807) is 24.3 Å². The van der Waals surface area contributed by atoms with E-state index in [0.29, 0.717) is 21.8 Å². The maximum atomic E-state index is 14.1. The monoisotopic (exact) mass is 693 g/mol. The van der Waals surface area contributed by atoms with Crippen molar-refractivity contribution in [1.29, 1.82) is 0 Å². The van der Waals surface area contributed by atoms with Crippen LogP contribution in [-0.4, -0.2) is 34.6 Å². The normalized spacial score (nSPS) is 19.4. The number of carbonyl (C=O) groups is 3. The lowest BCUT2D eigenvalue weighted by atomic mass is 9.82. The van der Waals surface area contributed by atoms with Crippen LogP contribution in [0.25, 0.3) is 0 Å². The van der Waals surface area contributed by atoms with Gasteiger partial charge in [-0.2, -0.15) is 26.3 Å². The van der Waals surface area contributed by atoms with E-state index in [9.17, 15) is 45.5 Å². The summed E-state index contributed by atoms with van der Waals surface area (Å²) in [5.41, 5.74) is -3.10. The SMILES string of the molecule is COc1ccccc1C1c2sc(=O)n(CC(=O)Nc3ccccc3C(F)(F)F)c2SC2C(=O)N(c3ccccc3C(F)(F)F)C(=O)C21. The first-order valence-electron chi connectivity index (χ1n) is 13.8. The summed E-state index contributed by atoms with van der Waals surface area (Å²) < 4.78 is 89.0. The summed E-state index contributed by atoms with van der Waals surface area (Å²) in [5, 5.41) is 0.950. The number of rotatable bonds is 6. The number of thioether (sulfide) groups is 1. The van der Waals surface area contributed by atoms with Gasteiger partial charge in [-0.15, -0.1) is 0 Å². The smallest absolute Gasteiger partial charge is 0.418 e. The Morgan fingerprint density at radius 1 is 0.851 bits per heavy atom. The number of para-hydroxylation sites is 3. The van der Waals surface area contributed by atoms with E-state index in [4.69, 9.17) is 4.74 Å². The minimum atomic E-state index is -4.89. The number of aromatic nitrogens is 1. The maximum absolute atomic E-state index is 14.1. The van der Waals surface area contributed by atoms with Crippen molar-refractivity contribution in [2.45, 2.75) is 35.1 Å². The van der Waals surface area contributed by atoms with E-state index >= 15 is 0 Å². The van der Waals surface area contributed by atoms with E-state index in [2.05, 4.69) is 5.32 Å². The summed E-state index contributed by atoms with van der Waals surface area (Å²) in [6.45, 7) is -0.747. The van der Waals surface area contributed by atoms with Crippen molar-refractivity contribution in [3.05, 3.63) is 104 Å². The second-order valence-electron chi connectivity index (χ2n) is 10.5. The number of ether oxygens (including phenoxy) is 1. The molecule has 0 aliphatic carbocycles. The molecule has 1 saturated heterocycles. The first-order chi connectivity index (χ1) is 22.2. The third-order valence-electron chi connectivity index (χ3n) is 7.78. The van der Waals surface area contributed by atoms with E-state index < -0.39 is 81.1 Å². The molecule has 1 N–H and O–H groups in total. The summed E-state index contributed by atoms with van der Waals surface area (Å²) in [5.74, 6) is -4.90. The van der Waals surface area contributed by atoms with Gasteiger partial charge >= 0.3 is 17.2 Å². The van der Waals surface area contributed by atoms with Gasteiger partial charge in [-0.1, -0.05) is 65.6 Å². The van der Waals surface area contributed by atoms with Crippen LogP contribution in [0, 0.1) is 5.92 Å². The summed E-state index contributed by atoms with van der Waals surface area (Å²) >= 11 is 1.41. The van der Waals surface area contributed by atoms with Crippen molar-refractivity contribution in [2.24, 2.45) is 5.92 Å². The fourth-order valence-electron chi connectivity index (χ4n) is 5.83. The molecule has 2 aliphatic heterocycles. The standard InChI is InChI=1S/C31H21F6N3O5S2/c1-45-20-13-7-2-8-15(20)22-23-24(27(43)40(26(23)42)19-12-6-4-10-17(19)31(35,36)37)46-28-25(22)47-29(44)39(28)14-21(41)38-18-11-5-3-9-16(18)30(32,33)34/h2-13,22-24H,14H2,1H3,(H,38,41). The minimum absolute atomic E-state index is 0.0866. The molecule has 0 spiro atoms. The highest BCUT2D eigenvalue weighted by Gasteiger charge is 2.58. The van der Waals surface area contributed by atoms with Gasteiger partial charge in [0.2, 0.25) is 17.7 Å². The van der Waals surface area contributed by atoms with Crippen LogP contribution in [-0.2, 0) is 33.3 Å². The molecule has 47 heavy (non-hydrogen) atoms. The number of carbonyl (C=O) groups excluding carboxylic acids is 3. The lowest BCUT2D eigenvalue weighted by Gasteiger charge is -2.31. The predicted molar refractivity (Wildman–Crippen MR) is 161 cm³/mol. The van der Waals surface area contributed by atoms with Gasteiger partial charge in [-0.25, -0.2) is 4.90 Å². The number of halogens is 6. The first kappa shape index (κ1) is 32.4. The fourth-order valence-corrected chi connectivity index (χ4v) is 8.60. The van der Waals surface area contributed by atoms with E-state index in [0.717, 1.165) is 52.7 Å². The second-order valence-corrected chi connectivity index (χ2v) is 12.6.